The highest BCUT2D eigenvalue weighted by Crippen LogP contribution is 2.63. The number of methoxy groups -OCH3 is 1. The van der Waals surface area contributed by atoms with Gasteiger partial charge in [0.05, 0.1) is 0 Å². The summed E-state index contributed by atoms with van der Waals surface area (Å²) in [4.78, 5) is 0. The van der Waals surface area contributed by atoms with E-state index in [4.69, 9.17) is 4.74 Å². The van der Waals surface area contributed by atoms with Crippen LogP contribution in [-0.4, -0.2) is 18.0 Å². The van der Waals surface area contributed by atoms with E-state index in [1.807, 2.05) is 0 Å². The molecule has 13 heavy (non-hydrogen) atoms. The van der Waals surface area contributed by atoms with Gasteiger partial charge in [0.15, 0.2) is 5.79 Å². The van der Waals surface area contributed by atoms with Gasteiger partial charge in [-0.05, 0) is 18.3 Å². The van der Waals surface area contributed by atoms with E-state index in [0.717, 1.165) is 18.4 Å². The molecule has 2 rings (SSSR count). The van der Waals surface area contributed by atoms with Crippen LogP contribution < -0.4 is 0 Å². The average Bonchev–Trinajstić information content (AvgIpc) is 2.47. The minimum atomic E-state index is -0.930. The number of ether oxygens (including phenoxy) is 1. The lowest BCUT2D eigenvalue weighted by molar-refractivity contribution is -0.220. The van der Waals surface area contributed by atoms with E-state index in [1.54, 1.807) is 7.11 Å². The number of rotatable bonds is 1. The second-order valence-electron chi connectivity index (χ2n) is 4.89. The summed E-state index contributed by atoms with van der Waals surface area (Å²) in [6, 6.07) is 0. The van der Waals surface area contributed by atoms with Crippen LogP contribution in [0.2, 0.25) is 0 Å². The largest absolute Gasteiger partial charge is 0.365 e. The van der Waals surface area contributed by atoms with Crippen LogP contribution in [0.3, 0.4) is 0 Å². The lowest BCUT2D eigenvalue weighted by atomic mass is 9.73. The number of fused-ring (bicyclic) bond motifs is 2. The fourth-order valence-electron chi connectivity index (χ4n) is 3.25. The molecule has 2 heteroatoms. The summed E-state index contributed by atoms with van der Waals surface area (Å²) >= 11 is 0. The normalized spacial score (nSPS) is 47.2. The van der Waals surface area contributed by atoms with Gasteiger partial charge in [-0.25, -0.2) is 0 Å². The third kappa shape index (κ3) is 0.856. The molecule has 2 nitrogen and oxygen atoms in total. The van der Waals surface area contributed by atoms with Crippen LogP contribution in [0.15, 0.2) is 12.2 Å². The van der Waals surface area contributed by atoms with Gasteiger partial charge in [-0.15, -0.1) is 0 Å². The summed E-state index contributed by atoms with van der Waals surface area (Å²) < 4.78 is 5.29. The standard InChI is InChI=1S/C11H18O2/c1-7-8-5-6-9(10(7,2)3)11(8,12)13-4/h8-9,12H,1,5-6H2,2-4H3/t8-,9+,11-/m1/s1. The molecular formula is C11H18O2. The highest BCUT2D eigenvalue weighted by atomic mass is 16.6. The first kappa shape index (κ1) is 9.22. The molecule has 0 saturated heterocycles. The molecule has 0 aromatic rings. The van der Waals surface area contributed by atoms with Gasteiger partial charge in [0.25, 0.3) is 0 Å². The molecule has 0 aromatic carbocycles. The van der Waals surface area contributed by atoms with Gasteiger partial charge in [0.1, 0.15) is 0 Å². The van der Waals surface area contributed by atoms with Crippen molar-refractivity contribution in [1.82, 2.24) is 0 Å². The number of hydrogen-bond acceptors (Lipinski definition) is 2. The quantitative estimate of drug-likeness (QED) is 0.496. The highest BCUT2D eigenvalue weighted by Gasteiger charge is 2.64. The summed E-state index contributed by atoms with van der Waals surface area (Å²) in [5.74, 6) is -0.555. The van der Waals surface area contributed by atoms with Gasteiger partial charge in [-0.2, -0.15) is 0 Å². The minimum absolute atomic E-state index is 0.0354. The lowest BCUT2D eigenvalue weighted by Gasteiger charge is -2.32. The van der Waals surface area contributed by atoms with Gasteiger partial charge < -0.3 is 9.84 Å². The fraction of sp³-hybridized carbons (Fsp3) is 0.818. The molecule has 3 atom stereocenters. The molecule has 0 unspecified atom stereocenters. The van der Waals surface area contributed by atoms with Crippen molar-refractivity contribution < 1.29 is 9.84 Å². The molecule has 2 saturated carbocycles. The molecule has 2 aliphatic carbocycles. The first-order valence-electron chi connectivity index (χ1n) is 4.91. The minimum Gasteiger partial charge on any atom is -0.365 e. The Morgan fingerprint density at radius 2 is 2.08 bits per heavy atom. The van der Waals surface area contributed by atoms with Crippen LogP contribution >= 0.6 is 0 Å². The van der Waals surface area contributed by atoms with Crippen molar-refractivity contribution in [1.29, 1.82) is 0 Å². The third-order valence-electron chi connectivity index (χ3n) is 4.19. The molecule has 2 bridgehead atoms. The summed E-state index contributed by atoms with van der Waals surface area (Å²) in [7, 11) is 1.60. The molecule has 0 amide bonds. The molecule has 2 aliphatic rings. The Morgan fingerprint density at radius 3 is 2.38 bits per heavy atom. The van der Waals surface area contributed by atoms with E-state index in [2.05, 4.69) is 20.4 Å². The first-order valence-corrected chi connectivity index (χ1v) is 4.91. The predicted octanol–water partition coefficient (Wildman–Crippen LogP) is 1.94. The van der Waals surface area contributed by atoms with Crippen molar-refractivity contribution in [3.8, 4) is 0 Å². The van der Waals surface area contributed by atoms with Gasteiger partial charge in [0, 0.05) is 18.9 Å². The van der Waals surface area contributed by atoms with Crippen LogP contribution in [0.4, 0.5) is 0 Å². The summed E-state index contributed by atoms with van der Waals surface area (Å²) in [5, 5.41) is 10.3. The van der Waals surface area contributed by atoms with Crippen LogP contribution in [0.5, 0.6) is 0 Å². The van der Waals surface area contributed by atoms with Crippen molar-refractivity contribution in [2.75, 3.05) is 7.11 Å². The molecule has 0 aromatic heterocycles. The van der Waals surface area contributed by atoms with E-state index >= 15 is 0 Å². The van der Waals surface area contributed by atoms with Gasteiger partial charge >= 0.3 is 0 Å². The Kier molecular flexibility index (Phi) is 1.68. The van der Waals surface area contributed by atoms with Crippen molar-refractivity contribution in [2.24, 2.45) is 17.3 Å². The zero-order valence-electron chi connectivity index (χ0n) is 8.63. The second kappa shape index (κ2) is 2.37. The zero-order chi connectivity index (χ0) is 9.85. The molecular weight excluding hydrogens is 164 g/mol. The molecule has 0 heterocycles. The van der Waals surface area contributed by atoms with Gasteiger partial charge in [-0.1, -0.05) is 26.0 Å². The molecule has 0 radical (unpaired) electrons. The SMILES string of the molecule is C=C1[C@H]2CC[C@@H](C1(C)C)[C@]2(O)OC. The molecule has 0 aliphatic heterocycles. The van der Waals surface area contributed by atoms with E-state index in [-0.39, 0.29) is 17.3 Å². The van der Waals surface area contributed by atoms with Crippen molar-refractivity contribution in [3.05, 3.63) is 12.2 Å². The predicted molar refractivity (Wildman–Crippen MR) is 51.1 cm³/mol. The van der Waals surface area contributed by atoms with Crippen LogP contribution in [-0.2, 0) is 4.74 Å². The maximum Gasteiger partial charge on any atom is 0.175 e. The smallest absolute Gasteiger partial charge is 0.175 e. The Morgan fingerprint density at radius 1 is 1.46 bits per heavy atom. The van der Waals surface area contributed by atoms with E-state index < -0.39 is 5.79 Å². The lowest BCUT2D eigenvalue weighted by Crippen LogP contribution is -2.38. The van der Waals surface area contributed by atoms with Crippen LogP contribution in [0.25, 0.3) is 0 Å². The van der Waals surface area contributed by atoms with Crippen LogP contribution in [0.1, 0.15) is 26.7 Å². The van der Waals surface area contributed by atoms with E-state index in [0.29, 0.717) is 0 Å². The van der Waals surface area contributed by atoms with Crippen LogP contribution in [0, 0.1) is 17.3 Å². The number of hydrogen-bond donors (Lipinski definition) is 1. The Bertz CT molecular complexity index is 257. The Labute approximate surface area is 79.6 Å². The third-order valence-corrected chi connectivity index (χ3v) is 4.19. The molecule has 0 spiro atoms. The Hall–Kier alpha value is -0.340. The van der Waals surface area contributed by atoms with E-state index in [1.165, 1.54) is 0 Å². The van der Waals surface area contributed by atoms with Crippen molar-refractivity contribution in [3.63, 3.8) is 0 Å². The fourth-order valence-corrected chi connectivity index (χ4v) is 3.25. The molecule has 1 N–H and O–H groups in total. The Balaban J connectivity index is 2.44. The topological polar surface area (TPSA) is 29.5 Å². The summed E-state index contributed by atoms with van der Waals surface area (Å²) in [6.45, 7) is 8.40. The second-order valence-corrected chi connectivity index (χ2v) is 4.89. The first-order chi connectivity index (χ1) is 5.94. The maximum atomic E-state index is 10.3. The van der Waals surface area contributed by atoms with Crippen molar-refractivity contribution >= 4 is 0 Å². The molecule has 74 valence electrons. The number of aliphatic hydroxyl groups is 1. The molecule has 2 fully saturated rings. The van der Waals surface area contributed by atoms with Gasteiger partial charge in [0.2, 0.25) is 0 Å². The highest BCUT2D eigenvalue weighted by molar-refractivity contribution is 5.29. The maximum absolute atomic E-state index is 10.3. The summed E-state index contributed by atoms with van der Waals surface area (Å²) in [6.07, 6.45) is 2.08. The summed E-state index contributed by atoms with van der Waals surface area (Å²) in [5.41, 5.74) is 1.20. The average molecular weight is 182 g/mol. The monoisotopic (exact) mass is 182 g/mol. The van der Waals surface area contributed by atoms with Gasteiger partial charge in [-0.3, -0.25) is 0 Å². The van der Waals surface area contributed by atoms with E-state index in [9.17, 15) is 5.11 Å². The zero-order valence-corrected chi connectivity index (χ0v) is 8.63. The van der Waals surface area contributed by atoms with Crippen molar-refractivity contribution in [2.45, 2.75) is 32.5 Å².